The summed E-state index contributed by atoms with van der Waals surface area (Å²) in [7, 11) is 0. The SMILES string of the molecule is Cc1nc2cc(C)c3ccccc3n2c1Br. The van der Waals surface area contributed by atoms with Crippen LogP contribution in [0.1, 0.15) is 11.3 Å². The molecule has 0 amide bonds. The zero-order valence-corrected chi connectivity index (χ0v) is 10.7. The van der Waals surface area contributed by atoms with Gasteiger partial charge in [-0.1, -0.05) is 18.2 Å². The maximum absolute atomic E-state index is 4.54. The van der Waals surface area contributed by atoms with E-state index in [2.05, 4.69) is 62.6 Å². The summed E-state index contributed by atoms with van der Waals surface area (Å²) < 4.78 is 3.19. The van der Waals surface area contributed by atoms with Crippen molar-refractivity contribution in [3.63, 3.8) is 0 Å². The van der Waals surface area contributed by atoms with Gasteiger partial charge in [-0.2, -0.15) is 0 Å². The van der Waals surface area contributed by atoms with Gasteiger partial charge in [0, 0.05) is 5.39 Å². The van der Waals surface area contributed by atoms with Crippen LogP contribution in [-0.2, 0) is 0 Å². The number of nitrogens with zero attached hydrogens (tertiary/aromatic N) is 2. The minimum Gasteiger partial charge on any atom is -0.286 e. The summed E-state index contributed by atoms with van der Waals surface area (Å²) >= 11 is 3.60. The second kappa shape index (κ2) is 3.32. The topological polar surface area (TPSA) is 17.3 Å². The molecule has 0 aliphatic heterocycles. The van der Waals surface area contributed by atoms with Gasteiger partial charge in [-0.25, -0.2) is 4.98 Å². The Morgan fingerprint density at radius 1 is 1.19 bits per heavy atom. The summed E-state index contributed by atoms with van der Waals surface area (Å²) in [5.41, 5.74) is 4.49. The highest BCUT2D eigenvalue weighted by Crippen LogP contribution is 2.26. The van der Waals surface area contributed by atoms with E-state index in [0.717, 1.165) is 15.9 Å². The molecule has 0 saturated heterocycles. The molecule has 3 rings (SSSR count). The lowest BCUT2D eigenvalue weighted by molar-refractivity contribution is 1.20. The molecule has 3 heteroatoms. The van der Waals surface area contributed by atoms with Gasteiger partial charge in [0.15, 0.2) is 0 Å². The van der Waals surface area contributed by atoms with Crippen molar-refractivity contribution < 1.29 is 0 Å². The lowest BCUT2D eigenvalue weighted by atomic mass is 10.1. The number of benzene rings is 1. The Morgan fingerprint density at radius 3 is 2.75 bits per heavy atom. The van der Waals surface area contributed by atoms with E-state index in [0.29, 0.717) is 0 Å². The van der Waals surface area contributed by atoms with Crippen molar-refractivity contribution in [3.05, 3.63) is 46.2 Å². The molecule has 0 aliphatic rings. The number of hydrogen-bond donors (Lipinski definition) is 0. The molecule has 2 aromatic heterocycles. The van der Waals surface area contributed by atoms with Gasteiger partial charge < -0.3 is 0 Å². The second-order valence-electron chi connectivity index (χ2n) is 4.03. The second-order valence-corrected chi connectivity index (χ2v) is 4.78. The van der Waals surface area contributed by atoms with Crippen molar-refractivity contribution in [3.8, 4) is 0 Å². The van der Waals surface area contributed by atoms with Gasteiger partial charge in [0.05, 0.1) is 11.2 Å². The van der Waals surface area contributed by atoms with Gasteiger partial charge in [0.1, 0.15) is 10.3 Å². The van der Waals surface area contributed by atoms with Crippen LogP contribution in [0.25, 0.3) is 16.6 Å². The number of imidazole rings is 1. The molecule has 3 aromatic rings. The fraction of sp³-hybridized carbons (Fsp3) is 0.154. The smallest absolute Gasteiger partial charge is 0.138 e. The van der Waals surface area contributed by atoms with Crippen molar-refractivity contribution in [1.29, 1.82) is 0 Å². The molecule has 16 heavy (non-hydrogen) atoms. The summed E-state index contributed by atoms with van der Waals surface area (Å²) in [4.78, 5) is 4.54. The average Bonchev–Trinajstić information content (AvgIpc) is 2.55. The van der Waals surface area contributed by atoms with Crippen LogP contribution in [0.2, 0.25) is 0 Å². The monoisotopic (exact) mass is 274 g/mol. The van der Waals surface area contributed by atoms with Crippen LogP contribution in [-0.4, -0.2) is 9.38 Å². The molecule has 0 bridgehead atoms. The fourth-order valence-corrected chi connectivity index (χ4v) is 2.59. The molecule has 0 spiro atoms. The Balaban J connectivity index is 2.66. The molecule has 80 valence electrons. The van der Waals surface area contributed by atoms with Crippen molar-refractivity contribution in [2.75, 3.05) is 0 Å². The maximum atomic E-state index is 4.54. The zero-order chi connectivity index (χ0) is 11.3. The molecular weight excluding hydrogens is 264 g/mol. The first-order valence-corrected chi connectivity index (χ1v) is 6.00. The van der Waals surface area contributed by atoms with E-state index in [4.69, 9.17) is 0 Å². The summed E-state index contributed by atoms with van der Waals surface area (Å²) in [6, 6.07) is 10.5. The van der Waals surface area contributed by atoms with Gasteiger partial charge in [0.2, 0.25) is 0 Å². The predicted octanol–water partition coefficient (Wildman–Crippen LogP) is 3.87. The molecule has 0 radical (unpaired) electrons. The van der Waals surface area contributed by atoms with Gasteiger partial charge in [-0.3, -0.25) is 4.40 Å². The number of pyridine rings is 1. The third kappa shape index (κ3) is 1.21. The van der Waals surface area contributed by atoms with E-state index < -0.39 is 0 Å². The van der Waals surface area contributed by atoms with E-state index in [9.17, 15) is 0 Å². The standard InChI is InChI=1S/C13H11BrN2/c1-8-7-12-15-9(2)13(14)16(12)11-6-4-3-5-10(8)11/h3-7H,1-2H3. The molecule has 2 nitrogen and oxygen atoms in total. The highest BCUT2D eigenvalue weighted by Gasteiger charge is 2.09. The number of aryl methyl sites for hydroxylation is 2. The van der Waals surface area contributed by atoms with Crippen molar-refractivity contribution in [2.24, 2.45) is 0 Å². The number of fused-ring (bicyclic) bond motifs is 3. The Labute approximate surface area is 102 Å². The molecule has 0 unspecified atom stereocenters. The van der Waals surface area contributed by atoms with Crippen molar-refractivity contribution >= 4 is 32.5 Å². The number of hydrogen-bond acceptors (Lipinski definition) is 1. The van der Waals surface area contributed by atoms with E-state index in [1.807, 2.05) is 6.92 Å². The molecule has 0 saturated carbocycles. The summed E-state index contributed by atoms with van der Waals surface area (Å²) in [5, 5.41) is 1.27. The highest BCUT2D eigenvalue weighted by molar-refractivity contribution is 9.10. The number of rotatable bonds is 0. The molecule has 0 atom stereocenters. The Bertz CT molecular complexity index is 698. The number of para-hydroxylation sites is 1. The summed E-state index contributed by atoms with van der Waals surface area (Å²) in [5.74, 6) is 0. The van der Waals surface area contributed by atoms with Crippen LogP contribution < -0.4 is 0 Å². The van der Waals surface area contributed by atoms with Gasteiger partial charge in [-0.15, -0.1) is 0 Å². The van der Waals surface area contributed by atoms with Crippen LogP contribution in [0.4, 0.5) is 0 Å². The first kappa shape index (κ1) is 9.85. The molecule has 0 fully saturated rings. The Morgan fingerprint density at radius 2 is 1.94 bits per heavy atom. The Kier molecular flexibility index (Phi) is 2.04. The summed E-state index contributed by atoms with van der Waals surface area (Å²) in [6.45, 7) is 4.14. The van der Waals surface area contributed by atoms with Crippen molar-refractivity contribution in [1.82, 2.24) is 9.38 Å². The quantitative estimate of drug-likeness (QED) is 0.608. The van der Waals surface area contributed by atoms with Crippen molar-refractivity contribution in [2.45, 2.75) is 13.8 Å². The van der Waals surface area contributed by atoms with E-state index in [1.54, 1.807) is 0 Å². The van der Waals surface area contributed by atoms with E-state index in [1.165, 1.54) is 16.5 Å². The minimum absolute atomic E-state index is 1.00. The third-order valence-corrected chi connectivity index (χ3v) is 3.85. The van der Waals surface area contributed by atoms with Crippen LogP contribution in [0.15, 0.2) is 34.9 Å². The van der Waals surface area contributed by atoms with Crippen LogP contribution in [0.5, 0.6) is 0 Å². The first-order chi connectivity index (χ1) is 7.68. The first-order valence-electron chi connectivity index (χ1n) is 5.21. The van der Waals surface area contributed by atoms with E-state index >= 15 is 0 Å². The third-order valence-electron chi connectivity index (χ3n) is 2.92. The summed E-state index contributed by atoms with van der Waals surface area (Å²) in [6.07, 6.45) is 0. The maximum Gasteiger partial charge on any atom is 0.138 e. The lowest BCUT2D eigenvalue weighted by Crippen LogP contribution is -1.90. The van der Waals surface area contributed by atoms with E-state index in [-0.39, 0.29) is 0 Å². The number of halogens is 1. The molecule has 0 aliphatic carbocycles. The van der Waals surface area contributed by atoms with Crippen LogP contribution >= 0.6 is 15.9 Å². The van der Waals surface area contributed by atoms with Gasteiger partial charge in [0.25, 0.3) is 0 Å². The molecular formula is C13H11BrN2. The highest BCUT2D eigenvalue weighted by atomic mass is 79.9. The average molecular weight is 275 g/mol. The predicted molar refractivity (Wildman–Crippen MR) is 69.9 cm³/mol. The number of aromatic nitrogens is 2. The zero-order valence-electron chi connectivity index (χ0n) is 9.16. The molecule has 0 N–H and O–H groups in total. The minimum atomic E-state index is 1.00. The Hall–Kier alpha value is -1.35. The fourth-order valence-electron chi connectivity index (χ4n) is 2.13. The normalized spacial score (nSPS) is 11.4. The van der Waals surface area contributed by atoms with Crippen LogP contribution in [0.3, 0.4) is 0 Å². The van der Waals surface area contributed by atoms with Gasteiger partial charge in [-0.05, 0) is 47.5 Å². The molecule has 2 heterocycles. The largest absolute Gasteiger partial charge is 0.286 e. The van der Waals surface area contributed by atoms with Gasteiger partial charge >= 0.3 is 0 Å². The lowest BCUT2D eigenvalue weighted by Gasteiger charge is -2.05. The van der Waals surface area contributed by atoms with Crippen LogP contribution in [0, 0.1) is 13.8 Å². The molecule has 1 aromatic carbocycles.